The fourth-order valence-electron chi connectivity index (χ4n) is 3.48. The van der Waals surface area contributed by atoms with Gasteiger partial charge in [0, 0.05) is 0 Å². The van der Waals surface area contributed by atoms with Crippen LogP contribution in [0.3, 0.4) is 0 Å². The van der Waals surface area contributed by atoms with Crippen molar-refractivity contribution in [3.63, 3.8) is 0 Å². The van der Waals surface area contributed by atoms with E-state index in [0.717, 1.165) is 24.5 Å². The van der Waals surface area contributed by atoms with Gasteiger partial charge in [-0.1, -0.05) is 30.3 Å². The number of halogens is 1. The molecule has 0 unspecified atom stereocenters. The van der Waals surface area contributed by atoms with Gasteiger partial charge in [0.1, 0.15) is 12.4 Å². The average molecular weight is 412 g/mol. The van der Waals surface area contributed by atoms with E-state index in [9.17, 15) is 18.8 Å². The Morgan fingerprint density at radius 1 is 1.07 bits per heavy atom. The number of hydrogen-bond acceptors (Lipinski definition) is 4. The van der Waals surface area contributed by atoms with Crippen LogP contribution in [0.1, 0.15) is 52.9 Å². The summed E-state index contributed by atoms with van der Waals surface area (Å²) in [7, 11) is 0. The zero-order chi connectivity index (χ0) is 21.5. The third kappa shape index (κ3) is 5.65. The van der Waals surface area contributed by atoms with Crippen LogP contribution in [0, 0.1) is 5.82 Å². The fraction of sp³-hybridized carbons (Fsp3) is 0.348. The van der Waals surface area contributed by atoms with Gasteiger partial charge in [0.25, 0.3) is 11.8 Å². The summed E-state index contributed by atoms with van der Waals surface area (Å²) >= 11 is 0. The molecule has 0 aromatic heterocycles. The Labute approximate surface area is 174 Å². The average Bonchev–Trinajstić information content (AvgIpc) is 2.76. The monoisotopic (exact) mass is 412 g/mol. The Morgan fingerprint density at radius 2 is 1.80 bits per heavy atom. The first kappa shape index (κ1) is 21.5. The van der Waals surface area contributed by atoms with Gasteiger partial charge >= 0.3 is 5.97 Å². The Hall–Kier alpha value is -3.22. The predicted molar refractivity (Wildman–Crippen MR) is 109 cm³/mol. The maximum Gasteiger partial charge on any atom is 0.325 e. The molecule has 7 heteroatoms. The second kappa shape index (κ2) is 10.0. The van der Waals surface area contributed by atoms with E-state index in [1.807, 2.05) is 13.0 Å². The van der Waals surface area contributed by atoms with E-state index < -0.39 is 36.8 Å². The van der Waals surface area contributed by atoms with Crippen molar-refractivity contribution in [1.82, 2.24) is 10.6 Å². The molecular formula is C23H25FN2O4. The van der Waals surface area contributed by atoms with Crippen LogP contribution in [-0.2, 0) is 27.2 Å². The first-order valence-corrected chi connectivity index (χ1v) is 10.0. The van der Waals surface area contributed by atoms with Crippen molar-refractivity contribution in [2.24, 2.45) is 0 Å². The minimum Gasteiger partial charge on any atom is -0.454 e. The van der Waals surface area contributed by atoms with Crippen molar-refractivity contribution in [2.75, 3.05) is 13.2 Å². The first-order chi connectivity index (χ1) is 14.4. The number of rotatable bonds is 7. The van der Waals surface area contributed by atoms with Crippen molar-refractivity contribution in [2.45, 2.75) is 38.6 Å². The molecule has 0 heterocycles. The summed E-state index contributed by atoms with van der Waals surface area (Å²) in [5.41, 5.74) is 3.54. The van der Waals surface area contributed by atoms with E-state index >= 15 is 0 Å². The minimum atomic E-state index is -0.781. The van der Waals surface area contributed by atoms with Gasteiger partial charge in [0.15, 0.2) is 6.61 Å². The van der Waals surface area contributed by atoms with E-state index in [1.54, 1.807) is 0 Å². The van der Waals surface area contributed by atoms with Gasteiger partial charge in [-0.2, -0.15) is 0 Å². The highest BCUT2D eigenvalue weighted by atomic mass is 19.1. The number of aryl methyl sites for hydroxylation is 2. The van der Waals surface area contributed by atoms with E-state index in [0.29, 0.717) is 0 Å². The van der Waals surface area contributed by atoms with Gasteiger partial charge in [-0.25, -0.2) is 4.39 Å². The number of ether oxygens (including phenoxy) is 1. The molecule has 6 nitrogen and oxygen atoms in total. The van der Waals surface area contributed by atoms with Gasteiger partial charge < -0.3 is 15.4 Å². The molecule has 0 saturated carbocycles. The van der Waals surface area contributed by atoms with Crippen LogP contribution in [0.5, 0.6) is 0 Å². The second-order valence-electron chi connectivity index (χ2n) is 7.35. The summed E-state index contributed by atoms with van der Waals surface area (Å²) < 4.78 is 18.4. The topological polar surface area (TPSA) is 84.5 Å². The SMILES string of the molecule is C[C@H](NC(=O)COC(=O)CNC(=O)c1ccccc1F)c1ccc2c(c1)CCCC2. The molecule has 0 bridgehead atoms. The van der Waals surface area contributed by atoms with Crippen LogP contribution >= 0.6 is 0 Å². The van der Waals surface area contributed by atoms with Crippen molar-refractivity contribution in [3.05, 3.63) is 70.5 Å². The van der Waals surface area contributed by atoms with E-state index in [1.165, 1.54) is 42.2 Å². The van der Waals surface area contributed by atoms with Crippen LogP contribution in [0.2, 0.25) is 0 Å². The minimum absolute atomic E-state index is 0.165. The zero-order valence-electron chi connectivity index (χ0n) is 16.9. The third-order valence-electron chi connectivity index (χ3n) is 5.13. The van der Waals surface area contributed by atoms with E-state index in [2.05, 4.69) is 22.8 Å². The Bertz CT molecular complexity index is 945. The maximum atomic E-state index is 13.5. The molecule has 3 rings (SSSR count). The standard InChI is InChI=1S/C23H25FN2O4/c1-15(17-11-10-16-6-2-3-7-18(16)12-17)26-21(27)14-30-22(28)13-25-23(29)19-8-4-5-9-20(19)24/h4-5,8-12,15H,2-3,6-7,13-14H2,1H3,(H,25,29)(H,26,27)/t15-/m0/s1. The lowest BCUT2D eigenvalue weighted by molar-refractivity contribution is -0.147. The van der Waals surface area contributed by atoms with Crippen molar-refractivity contribution in [3.8, 4) is 0 Å². The molecular weight excluding hydrogens is 387 g/mol. The van der Waals surface area contributed by atoms with Crippen LogP contribution < -0.4 is 10.6 Å². The smallest absolute Gasteiger partial charge is 0.325 e. The highest BCUT2D eigenvalue weighted by Gasteiger charge is 2.16. The van der Waals surface area contributed by atoms with Gasteiger partial charge in [-0.05, 0) is 61.4 Å². The van der Waals surface area contributed by atoms with Crippen LogP contribution in [0.25, 0.3) is 0 Å². The molecule has 158 valence electrons. The molecule has 30 heavy (non-hydrogen) atoms. The number of fused-ring (bicyclic) bond motifs is 1. The molecule has 0 saturated heterocycles. The van der Waals surface area contributed by atoms with Crippen LogP contribution in [-0.4, -0.2) is 30.9 Å². The molecule has 0 radical (unpaired) electrons. The molecule has 2 aromatic rings. The molecule has 1 aliphatic carbocycles. The third-order valence-corrected chi connectivity index (χ3v) is 5.13. The molecule has 0 spiro atoms. The van der Waals surface area contributed by atoms with E-state index in [-0.39, 0.29) is 11.6 Å². The molecule has 2 N–H and O–H groups in total. The fourth-order valence-corrected chi connectivity index (χ4v) is 3.48. The summed E-state index contributed by atoms with van der Waals surface area (Å²) in [6.07, 6.45) is 4.55. The lowest BCUT2D eigenvalue weighted by atomic mass is 9.89. The van der Waals surface area contributed by atoms with Crippen molar-refractivity contribution in [1.29, 1.82) is 0 Å². The van der Waals surface area contributed by atoms with Gasteiger partial charge in [0.2, 0.25) is 0 Å². The van der Waals surface area contributed by atoms with Crippen LogP contribution in [0.4, 0.5) is 4.39 Å². The number of carbonyl (C=O) groups excluding carboxylic acids is 3. The summed E-state index contributed by atoms with van der Waals surface area (Å²) in [5, 5.41) is 5.08. The van der Waals surface area contributed by atoms with Gasteiger partial charge in [-0.15, -0.1) is 0 Å². The zero-order valence-corrected chi connectivity index (χ0v) is 16.9. The number of nitrogens with one attached hydrogen (secondary N) is 2. The predicted octanol–water partition coefficient (Wildman–Crippen LogP) is 2.85. The number of benzene rings is 2. The highest BCUT2D eigenvalue weighted by Crippen LogP contribution is 2.24. The second-order valence-corrected chi connectivity index (χ2v) is 7.35. The Balaban J connectivity index is 1.42. The largest absolute Gasteiger partial charge is 0.454 e. The maximum absolute atomic E-state index is 13.5. The van der Waals surface area contributed by atoms with Gasteiger partial charge in [-0.3, -0.25) is 14.4 Å². The number of amides is 2. The molecule has 0 fully saturated rings. The highest BCUT2D eigenvalue weighted by molar-refractivity contribution is 5.96. The number of esters is 1. The molecule has 0 aliphatic heterocycles. The summed E-state index contributed by atoms with van der Waals surface area (Å²) in [5.74, 6) is -2.63. The first-order valence-electron chi connectivity index (χ1n) is 10.0. The van der Waals surface area contributed by atoms with E-state index in [4.69, 9.17) is 4.74 Å². The summed E-state index contributed by atoms with van der Waals surface area (Å²) in [6, 6.07) is 11.5. The summed E-state index contributed by atoms with van der Waals surface area (Å²) in [4.78, 5) is 35.7. The summed E-state index contributed by atoms with van der Waals surface area (Å²) in [6.45, 7) is 0.962. The number of hydrogen-bond donors (Lipinski definition) is 2. The number of carbonyl (C=O) groups is 3. The molecule has 2 amide bonds. The molecule has 2 aromatic carbocycles. The molecule has 1 atom stereocenters. The van der Waals surface area contributed by atoms with Crippen molar-refractivity contribution >= 4 is 17.8 Å². The quantitative estimate of drug-likeness (QED) is 0.685. The van der Waals surface area contributed by atoms with Crippen LogP contribution in [0.15, 0.2) is 42.5 Å². The lowest BCUT2D eigenvalue weighted by Gasteiger charge is -2.20. The van der Waals surface area contributed by atoms with Gasteiger partial charge in [0.05, 0.1) is 11.6 Å². The Morgan fingerprint density at radius 3 is 2.57 bits per heavy atom. The lowest BCUT2D eigenvalue weighted by Crippen LogP contribution is -2.35. The normalized spacial score (nSPS) is 13.7. The molecule has 1 aliphatic rings. The Kier molecular flexibility index (Phi) is 7.17. The van der Waals surface area contributed by atoms with Crippen molar-refractivity contribution < 1.29 is 23.5 Å².